The fraction of sp³-hybridized carbons (Fsp3) is 0.357. The van der Waals surface area contributed by atoms with Gasteiger partial charge in [-0.15, -0.1) is 0 Å². The van der Waals surface area contributed by atoms with Gasteiger partial charge in [-0.3, -0.25) is 4.79 Å². The summed E-state index contributed by atoms with van der Waals surface area (Å²) in [6, 6.07) is 7.28. The van der Waals surface area contributed by atoms with Crippen LogP contribution in [0.5, 0.6) is 0 Å². The zero-order chi connectivity index (χ0) is 12.5. The molecular weight excluding hydrogens is 228 g/mol. The minimum absolute atomic E-state index is 0.0600. The molecule has 2 aromatic rings. The van der Waals surface area contributed by atoms with Crippen molar-refractivity contribution in [1.82, 2.24) is 10.1 Å². The van der Waals surface area contributed by atoms with E-state index in [1.54, 1.807) is 19.1 Å². The third-order valence-electron chi connectivity index (χ3n) is 3.45. The molecule has 0 radical (unpaired) electrons. The number of nitrogens with zero attached hydrogens (tertiary/aromatic N) is 2. The third kappa shape index (κ3) is 1.94. The smallest absolute Gasteiger partial charge is 0.230 e. The molecule has 1 aliphatic carbocycles. The maximum absolute atomic E-state index is 11.2. The molecular formula is C14H14N2O2. The van der Waals surface area contributed by atoms with Crippen molar-refractivity contribution in [3.8, 4) is 11.4 Å². The van der Waals surface area contributed by atoms with Crippen LogP contribution in [0.3, 0.4) is 0 Å². The molecule has 0 N–H and O–H groups in total. The van der Waals surface area contributed by atoms with Crippen molar-refractivity contribution in [2.75, 3.05) is 0 Å². The summed E-state index contributed by atoms with van der Waals surface area (Å²) in [7, 11) is 0. The quantitative estimate of drug-likeness (QED) is 0.775. The predicted molar refractivity (Wildman–Crippen MR) is 66.3 cm³/mol. The molecule has 1 aromatic carbocycles. The molecule has 0 spiro atoms. The van der Waals surface area contributed by atoms with Crippen LogP contribution >= 0.6 is 0 Å². The van der Waals surface area contributed by atoms with Crippen LogP contribution in [0.1, 0.15) is 48.4 Å². The van der Waals surface area contributed by atoms with E-state index in [-0.39, 0.29) is 5.78 Å². The fourth-order valence-corrected chi connectivity index (χ4v) is 2.03. The Morgan fingerprint density at radius 3 is 2.56 bits per heavy atom. The van der Waals surface area contributed by atoms with Gasteiger partial charge in [-0.25, -0.2) is 0 Å². The van der Waals surface area contributed by atoms with Gasteiger partial charge in [0.15, 0.2) is 5.78 Å². The minimum atomic E-state index is 0.0600. The highest BCUT2D eigenvalue weighted by atomic mass is 16.5. The number of aromatic nitrogens is 2. The molecule has 18 heavy (non-hydrogen) atoms. The summed E-state index contributed by atoms with van der Waals surface area (Å²) in [4.78, 5) is 15.6. The van der Waals surface area contributed by atoms with E-state index in [1.807, 2.05) is 12.1 Å². The second-order valence-electron chi connectivity index (χ2n) is 4.72. The number of hydrogen-bond acceptors (Lipinski definition) is 4. The van der Waals surface area contributed by atoms with E-state index < -0.39 is 0 Å². The average molecular weight is 242 g/mol. The predicted octanol–water partition coefficient (Wildman–Crippen LogP) is 3.21. The fourth-order valence-electron chi connectivity index (χ4n) is 2.03. The number of hydrogen-bond donors (Lipinski definition) is 0. The molecule has 3 rings (SSSR count). The summed E-state index contributed by atoms with van der Waals surface area (Å²) >= 11 is 0. The molecule has 4 nitrogen and oxygen atoms in total. The van der Waals surface area contributed by atoms with Gasteiger partial charge in [0.2, 0.25) is 11.7 Å². The summed E-state index contributed by atoms with van der Waals surface area (Å²) in [5.74, 6) is 1.85. The lowest BCUT2D eigenvalue weighted by Gasteiger charge is -2.20. The topological polar surface area (TPSA) is 56.0 Å². The molecule has 0 amide bonds. The monoisotopic (exact) mass is 242 g/mol. The average Bonchev–Trinajstić information content (AvgIpc) is 2.76. The molecule has 1 aromatic heterocycles. The van der Waals surface area contributed by atoms with Crippen molar-refractivity contribution in [3.63, 3.8) is 0 Å². The van der Waals surface area contributed by atoms with Gasteiger partial charge in [0, 0.05) is 17.0 Å². The molecule has 1 aliphatic rings. The zero-order valence-corrected chi connectivity index (χ0v) is 10.2. The lowest BCUT2D eigenvalue weighted by molar-refractivity contribution is 0.101. The number of Topliss-reactive ketones (excluding diaryl/α,β-unsaturated/α-hetero) is 1. The maximum Gasteiger partial charge on any atom is 0.230 e. The normalized spacial score (nSPS) is 15.4. The molecule has 0 saturated heterocycles. The number of ketones is 1. The number of benzene rings is 1. The minimum Gasteiger partial charge on any atom is -0.339 e. The van der Waals surface area contributed by atoms with Crippen LogP contribution in [0.4, 0.5) is 0 Å². The summed E-state index contributed by atoms with van der Waals surface area (Å²) in [6.07, 6.45) is 3.53. The molecule has 1 heterocycles. The highest BCUT2D eigenvalue weighted by Crippen LogP contribution is 2.35. The van der Waals surface area contributed by atoms with Gasteiger partial charge in [0.05, 0.1) is 0 Å². The van der Waals surface area contributed by atoms with Crippen molar-refractivity contribution >= 4 is 5.78 Å². The molecule has 0 bridgehead atoms. The largest absolute Gasteiger partial charge is 0.339 e. The summed E-state index contributed by atoms with van der Waals surface area (Å²) in [5, 5.41) is 3.99. The molecule has 1 fully saturated rings. The molecule has 0 atom stereocenters. The molecule has 4 heteroatoms. The van der Waals surface area contributed by atoms with Gasteiger partial charge in [0.25, 0.3) is 0 Å². The van der Waals surface area contributed by atoms with E-state index in [0.717, 1.165) is 24.3 Å². The van der Waals surface area contributed by atoms with Crippen molar-refractivity contribution in [2.45, 2.75) is 32.1 Å². The second-order valence-corrected chi connectivity index (χ2v) is 4.72. The number of carbonyl (C=O) groups is 1. The standard InChI is InChI=1S/C14H14N2O2/c1-9(17)10-5-7-11(8-6-10)13-15-14(18-16-13)12-3-2-4-12/h5-8,12H,2-4H2,1H3. The Labute approximate surface area is 105 Å². The van der Waals surface area contributed by atoms with Crippen molar-refractivity contribution in [1.29, 1.82) is 0 Å². The molecule has 0 unspecified atom stereocenters. The first-order chi connectivity index (χ1) is 8.74. The van der Waals surface area contributed by atoms with Crippen LogP contribution in [0.2, 0.25) is 0 Å². The van der Waals surface area contributed by atoms with Gasteiger partial charge in [-0.2, -0.15) is 4.98 Å². The van der Waals surface area contributed by atoms with Crippen molar-refractivity contribution in [3.05, 3.63) is 35.7 Å². The summed E-state index contributed by atoms with van der Waals surface area (Å²) in [5.41, 5.74) is 1.58. The van der Waals surface area contributed by atoms with Gasteiger partial charge < -0.3 is 4.52 Å². The van der Waals surface area contributed by atoms with Crippen LogP contribution < -0.4 is 0 Å². The highest BCUT2D eigenvalue weighted by Gasteiger charge is 2.25. The van der Waals surface area contributed by atoms with E-state index in [0.29, 0.717) is 17.3 Å². The number of rotatable bonds is 3. The molecule has 92 valence electrons. The van der Waals surface area contributed by atoms with Crippen LogP contribution in [0, 0.1) is 0 Å². The van der Waals surface area contributed by atoms with E-state index in [2.05, 4.69) is 10.1 Å². The Morgan fingerprint density at radius 1 is 1.28 bits per heavy atom. The van der Waals surface area contributed by atoms with E-state index in [1.165, 1.54) is 6.42 Å². The van der Waals surface area contributed by atoms with E-state index in [4.69, 9.17) is 4.52 Å². The maximum atomic E-state index is 11.2. The second kappa shape index (κ2) is 4.37. The first kappa shape index (κ1) is 11.1. The van der Waals surface area contributed by atoms with E-state index in [9.17, 15) is 4.79 Å². The van der Waals surface area contributed by atoms with Crippen molar-refractivity contribution < 1.29 is 9.32 Å². The third-order valence-corrected chi connectivity index (χ3v) is 3.45. The van der Waals surface area contributed by atoms with E-state index >= 15 is 0 Å². The Bertz CT molecular complexity index is 568. The van der Waals surface area contributed by atoms with Crippen molar-refractivity contribution in [2.24, 2.45) is 0 Å². The highest BCUT2D eigenvalue weighted by molar-refractivity contribution is 5.94. The Morgan fingerprint density at radius 2 is 2.00 bits per heavy atom. The Hall–Kier alpha value is -1.97. The van der Waals surface area contributed by atoms with Crippen LogP contribution in [0.25, 0.3) is 11.4 Å². The van der Waals surface area contributed by atoms with Gasteiger partial charge in [-0.05, 0) is 19.8 Å². The number of carbonyl (C=O) groups excluding carboxylic acids is 1. The van der Waals surface area contributed by atoms with Gasteiger partial charge >= 0.3 is 0 Å². The first-order valence-electron chi connectivity index (χ1n) is 6.19. The van der Waals surface area contributed by atoms with Gasteiger partial charge in [-0.1, -0.05) is 35.8 Å². The first-order valence-corrected chi connectivity index (χ1v) is 6.19. The Kier molecular flexibility index (Phi) is 2.70. The van der Waals surface area contributed by atoms with Gasteiger partial charge in [0.1, 0.15) is 0 Å². The van der Waals surface area contributed by atoms with Crippen LogP contribution in [-0.4, -0.2) is 15.9 Å². The summed E-state index contributed by atoms with van der Waals surface area (Å²) < 4.78 is 5.27. The summed E-state index contributed by atoms with van der Waals surface area (Å²) in [6.45, 7) is 1.55. The molecule has 1 saturated carbocycles. The lowest BCUT2D eigenvalue weighted by Crippen LogP contribution is -2.08. The molecule has 0 aliphatic heterocycles. The van der Waals surface area contributed by atoms with Crippen LogP contribution in [0.15, 0.2) is 28.8 Å². The Balaban J connectivity index is 1.85. The lowest BCUT2D eigenvalue weighted by atomic mass is 9.85. The van der Waals surface area contributed by atoms with Crippen LogP contribution in [-0.2, 0) is 0 Å². The zero-order valence-electron chi connectivity index (χ0n) is 10.2. The SMILES string of the molecule is CC(=O)c1ccc(-c2noc(C3CCC3)n2)cc1.